The van der Waals surface area contributed by atoms with E-state index in [2.05, 4.69) is 0 Å². The number of sulfone groups is 1. The number of esters is 4. The van der Waals surface area contributed by atoms with E-state index in [1.165, 1.54) is 28.2 Å². The summed E-state index contributed by atoms with van der Waals surface area (Å²) < 4.78 is 49.1. The second-order valence-electron chi connectivity index (χ2n) is 20.7. The Kier molecular flexibility index (Phi) is 22.4. The number of hydrogen-bond acceptors (Lipinski definition) is 14. The lowest BCUT2D eigenvalue weighted by molar-refractivity contribution is -0.179. The first-order valence-electron chi connectivity index (χ1n) is 24.6. The number of benzene rings is 2. The summed E-state index contributed by atoms with van der Waals surface area (Å²) >= 11 is 0. The van der Waals surface area contributed by atoms with Crippen LogP contribution in [0.2, 0.25) is 0 Å². The highest BCUT2D eigenvalue weighted by Crippen LogP contribution is 2.25. The Balaban J connectivity index is 2.35. The summed E-state index contributed by atoms with van der Waals surface area (Å²) in [5.41, 5.74) is 1.25. The molecule has 1 heterocycles. The summed E-state index contributed by atoms with van der Waals surface area (Å²) in [6, 6.07) is 11.8. The van der Waals surface area contributed by atoms with Crippen LogP contribution in [-0.2, 0) is 80.0 Å². The molecule has 0 spiro atoms. The molecule has 0 aromatic heterocycles. The minimum absolute atomic E-state index is 0.0481. The van der Waals surface area contributed by atoms with Gasteiger partial charge >= 0.3 is 23.9 Å². The zero-order valence-electron chi connectivity index (χ0n) is 44.7. The van der Waals surface area contributed by atoms with E-state index in [1.807, 2.05) is 13.8 Å². The number of carbonyl (C=O) groups excluding carboxylic acids is 8. The smallest absolute Gasteiger partial charge is 0.329 e. The molecule has 400 valence electrons. The van der Waals surface area contributed by atoms with Gasteiger partial charge in [-0.25, -0.2) is 27.6 Å². The maximum atomic E-state index is 14.8. The Hall–Kier alpha value is -5.85. The fourth-order valence-corrected chi connectivity index (χ4v) is 8.86. The number of ether oxygens (including phenoxy) is 4. The normalized spacial score (nSPS) is 24.8. The molecule has 1 saturated heterocycles. The van der Waals surface area contributed by atoms with Crippen LogP contribution in [-0.4, -0.2) is 164 Å². The lowest BCUT2D eigenvalue weighted by Gasteiger charge is -2.37. The standard InChI is InChI=1S/C53H78N4O14S/c1-31(2)28-39-51(63)69-44(34(7)8)48(60)56(13)41(30-37-24-20-17-21-25-37)53(65)71-45(35(9)10)49(61)57(14)40(29-36-22-18-16-19-23-36)52(64)70-42(32(3)4)46(58)54(11)38(26-27-72(15,66)67)50(62)68-43(33(5)6)47(59)55(39)12/h16-25,31-35,38-45H,26-30H2,1-15H3. The zero-order valence-corrected chi connectivity index (χ0v) is 45.5. The number of amides is 4. The fourth-order valence-electron chi connectivity index (χ4n) is 8.20. The first-order chi connectivity index (χ1) is 33.5. The van der Waals surface area contributed by atoms with E-state index in [0.29, 0.717) is 11.1 Å². The van der Waals surface area contributed by atoms with Crippen LogP contribution >= 0.6 is 0 Å². The van der Waals surface area contributed by atoms with Crippen molar-refractivity contribution in [2.24, 2.45) is 29.6 Å². The van der Waals surface area contributed by atoms with Gasteiger partial charge in [0.2, 0.25) is 0 Å². The largest absolute Gasteiger partial charge is 0.450 e. The lowest BCUT2D eigenvalue weighted by Crippen LogP contribution is -2.56. The van der Waals surface area contributed by atoms with Crippen LogP contribution in [0.4, 0.5) is 0 Å². The van der Waals surface area contributed by atoms with Crippen molar-refractivity contribution < 1.29 is 65.7 Å². The van der Waals surface area contributed by atoms with E-state index in [4.69, 9.17) is 18.9 Å². The van der Waals surface area contributed by atoms with E-state index in [-0.39, 0.29) is 25.2 Å². The van der Waals surface area contributed by atoms with Gasteiger partial charge < -0.3 is 38.5 Å². The molecule has 1 aliphatic heterocycles. The minimum Gasteiger partial charge on any atom is -0.450 e. The molecule has 8 unspecified atom stereocenters. The molecule has 0 N–H and O–H groups in total. The molecular formula is C53H78N4O14S. The van der Waals surface area contributed by atoms with Gasteiger partial charge in [-0.2, -0.15) is 0 Å². The Bertz CT molecular complexity index is 2310. The van der Waals surface area contributed by atoms with Gasteiger partial charge in [0.25, 0.3) is 23.6 Å². The Morgan fingerprint density at radius 3 is 0.972 bits per heavy atom. The number of hydrogen-bond donors (Lipinski definition) is 0. The molecule has 18 nitrogen and oxygen atoms in total. The molecule has 72 heavy (non-hydrogen) atoms. The molecule has 3 rings (SSSR count). The number of likely N-dealkylation sites (N-methyl/N-ethyl adjacent to an activating group) is 4. The van der Waals surface area contributed by atoms with E-state index >= 15 is 0 Å². The third-order valence-corrected chi connectivity index (χ3v) is 13.7. The Labute approximate surface area is 426 Å². The van der Waals surface area contributed by atoms with Crippen molar-refractivity contribution in [3.63, 3.8) is 0 Å². The molecule has 0 bridgehead atoms. The summed E-state index contributed by atoms with van der Waals surface area (Å²) in [4.78, 5) is 121. The Morgan fingerprint density at radius 1 is 0.431 bits per heavy atom. The molecule has 1 fully saturated rings. The predicted molar refractivity (Wildman–Crippen MR) is 269 cm³/mol. The molecule has 4 amide bonds. The average molecular weight is 1030 g/mol. The van der Waals surface area contributed by atoms with Gasteiger partial charge in [-0.05, 0) is 53.6 Å². The van der Waals surface area contributed by atoms with Gasteiger partial charge in [-0.1, -0.05) is 130 Å². The second-order valence-corrected chi connectivity index (χ2v) is 23.0. The minimum atomic E-state index is -3.75. The van der Waals surface area contributed by atoms with Crippen molar-refractivity contribution in [3.05, 3.63) is 71.8 Å². The van der Waals surface area contributed by atoms with Crippen LogP contribution in [0.5, 0.6) is 0 Å². The van der Waals surface area contributed by atoms with Gasteiger partial charge in [0, 0.05) is 47.3 Å². The number of rotatable bonds is 13. The van der Waals surface area contributed by atoms with Gasteiger partial charge in [0.05, 0.1) is 5.75 Å². The summed E-state index contributed by atoms with van der Waals surface area (Å²) in [6.45, 7) is 16.6. The fraction of sp³-hybridized carbons (Fsp3) is 0.623. The quantitative estimate of drug-likeness (QED) is 0.199. The van der Waals surface area contributed by atoms with Crippen molar-refractivity contribution in [3.8, 4) is 0 Å². The third-order valence-electron chi connectivity index (χ3n) is 12.7. The molecule has 2 aromatic rings. The van der Waals surface area contributed by atoms with Gasteiger partial charge in [-0.15, -0.1) is 0 Å². The number of cyclic esters (lactones) is 4. The molecule has 19 heteroatoms. The summed E-state index contributed by atoms with van der Waals surface area (Å²) in [6.07, 6.45) is -5.83. The zero-order chi connectivity index (χ0) is 54.5. The van der Waals surface area contributed by atoms with Gasteiger partial charge in [0.15, 0.2) is 24.4 Å². The van der Waals surface area contributed by atoms with Gasteiger partial charge in [-0.3, -0.25) is 19.2 Å². The maximum absolute atomic E-state index is 14.8. The van der Waals surface area contributed by atoms with Crippen LogP contribution in [0.15, 0.2) is 60.7 Å². The summed E-state index contributed by atoms with van der Waals surface area (Å²) in [7, 11) is 1.52. The van der Waals surface area contributed by atoms with Crippen molar-refractivity contribution in [2.75, 3.05) is 40.2 Å². The van der Waals surface area contributed by atoms with E-state index in [1.54, 1.807) is 116 Å². The third kappa shape index (κ3) is 16.6. The molecule has 2 aromatic carbocycles. The van der Waals surface area contributed by atoms with Crippen molar-refractivity contribution in [1.82, 2.24) is 19.6 Å². The summed E-state index contributed by atoms with van der Waals surface area (Å²) in [5.74, 6) is -11.0. The number of carbonyl (C=O) groups is 8. The first kappa shape index (κ1) is 60.5. The molecular weight excluding hydrogens is 949 g/mol. The van der Waals surface area contributed by atoms with Crippen molar-refractivity contribution >= 4 is 57.3 Å². The molecule has 0 radical (unpaired) electrons. The molecule has 8 atom stereocenters. The topological polar surface area (TPSA) is 221 Å². The monoisotopic (exact) mass is 1030 g/mol. The van der Waals surface area contributed by atoms with Crippen molar-refractivity contribution in [1.29, 1.82) is 0 Å². The maximum Gasteiger partial charge on any atom is 0.329 e. The lowest BCUT2D eigenvalue weighted by atomic mass is 9.99. The highest BCUT2D eigenvalue weighted by Gasteiger charge is 2.45. The van der Waals surface area contributed by atoms with Crippen LogP contribution in [0.3, 0.4) is 0 Å². The van der Waals surface area contributed by atoms with Crippen LogP contribution in [0.1, 0.15) is 93.2 Å². The second kappa shape index (κ2) is 26.7. The van der Waals surface area contributed by atoms with E-state index < -0.39 is 142 Å². The predicted octanol–water partition coefficient (Wildman–Crippen LogP) is 4.55. The molecule has 0 aliphatic carbocycles. The van der Waals surface area contributed by atoms with Crippen LogP contribution in [0, 0.1) is 29.6 Å². The molecule has 0 saturated carbocycles. The highest BCUT2D eigenvalue weighted by atomic mass is 32.2. The summed E-state index contributed by atoms with van der Waals surface area (Å²) in [5, 5.41) is 0. The first-order valence-corrected chi connectivity index (χ1v) is 26.7. The number of nitrogens with zero attached hydrogens (tertiary/aromatic N) is 4. The van der Waals surface area contributed by atoms with E-state index in [9.17, 15) is 46.8 Å². The van der Waals surface area contributed by atoms with Crippen molar-refractivity contribution in [2.45, 2.75) is 144 Å². The highest BCUT2D eigenvalue weighted by molar-refractivity contribution is 7.90. The van der Waals surface area contributed by atoms with Crippen LogP contribution < -0.4 is 0 Å². The van der Waals surface area contributed by atoms with Crippen LogP contribution in [0.25, 0.3) is 0 Å². The Morgan fingerprint density at radius 2 is 0.694 bits per heavy atom. The SMILES string of the molecule is CC(C)CC1C(=O)OC(C(C)C)C(=O)N(C)C(Cc2ccccc2)C(=O)OC(C(C)C)C(=O)N(C)C(Cc2ccccc2)C(=O)OC(C(C)C)C(=O)N(C)C(CCS(C)(=O)=O)C(=O)OC(C(C)C)C(=O)N1C. The average Bonchev–Trinajstić information content (AvgIpc) is 3.31. The van der Waals surface area contributed by atoms with E-state index in [0.717, 1.165) is 25.9 Å². The van der Waals surface area contributed by atoms with Gasteiger partial charge in [0.1, 0.15) is 34.0 Å². The molecule has 1 aliphatic rings.